The molecule has 1 aliphatic heterocycles. The van der Waals surface area contributed by atoms with Gasteiger partial charge < -0.3 is 10.1 Å². The number of pyridine rings is 1. The van der Waals surface area contributed by atoms with E-state index in [-0.39, 0.29) is 11.8 Å². The first-order chi connectivity index (χ1) is 15.1. The zero-order chi connectivity index (χ0) is 21.8. The molecule has 156 valence electrons. The third kappa shape index (κ3) is 4.25. The summed E-state index contributed by atoms with van der Waals surface area (Å²) in [7, 11) is 1.36. The molecule has 0 saturated heterocycles. The van der Waals surface area contributed by atoms with Crippen LogP contribution in [0.4, 0.5) is 0 Å². The van der Waals surface area contributed by atoms with E-state index in [1.54, 1.807) is 24.5 Å². The van der Waals surface area contributed by atoms with Gasteiger partial charge in [0, 0.05) is 35.8 Å². The van der Waals surface area contributed by atoms with Crippen molar-refractivity contribution in [3.8, 4) is 6.07 Å². The number of nitrogens with zero attached hydrogens (tertiary/aromatic N) is 2. The smallest absolute Gasteiger partial charge is 0.337 e. The molecule has 0 radical (unpaired) electrons. The van der Waals surface area contributed by atoms with Crippen molar-refractivity contribution in [3.05, 3.63) is 87.4 Å². The Hall–Kier alpha value is -3.37. The molecule has 2 aromatic rings. The molecule has 4 rings (SSSR count). The summed E-state index contributed by atoms with van der Waals surface area (Å²) >= 11 is 1.52. The molecule has 1 atom stereocenters. The highest BCUT2D eigenvalue weighted by molar-refractivity contribution is 8.02. The van der Waals surface area contributed by atoms with Crippen LogP contribution in [-0.2, 0) is 15.3 Å². The zero-order valence-electron chi connectivity index (χ0n) is 17.1. The number of carbonyl (C=O) groups excluding carboxylic acids is 2. The Morgan fingerprint density at radius 1 is 1.29 bits per heavy atom. The van der Waals surface area contributed by atoms with Gasteiger partial charge in [0.25, 0.3) is 0 Å². The van der Waals surface area contributed by atoms with E-state index in [4.69, 9.17) is 4.74 Å². The van der Waals surface area contributed by atoms with Gasteiger partial charge in [-0.25, -0.2) is 4.79 Å². The molecule has 0 saturated carbocycles. The van der Waals surface area contributed by atoms with Gasteiger partial charge in [-0.3, -0.25) is 9.78 Å². The number of Topliss-reactive ketones (excluding diaryl/α,β-unsaturated/α-hetero) is 1. The predicted molar refractivity (Wildman–Crippen MR) is 118 cm³/mol. The fourth-order valence-electron chi connectivity index (χ4n) is 3.93. The summed E-state index contributed by atoms with van der Waals surface area (Å²) in [5.74, 6) is -0.0567. The number of nitriles is 1. The number of esters is 1. The molecule has 1 aliphatic carbocycles. The second-order valence-corrected chi connectivity index (χ2v) is 8.33. The topological polar surface area (TPSA) is 92.1 Å². The maximum Gasteiger partial charge on any atom is 0.337 e. The average molecular weight is 432 g/mol. The molecule has 2 heterocycles. The average Bonchev–Trinajstić information content (AvgIpc) is 2.82. The summed E-state index contributed by atoms with van der Waals surface area (Å²) < 4.78 is 4.74. The highest BCUT2D eigenvalue weighted by atomic mass is 32.2. The van der Waals surface area contributed by atoms with Gasteiger partial charge in [-0.2, -0.15) is 5.26 Å². The van der Waals surface area contributed by atoms with Crippen LogP contribution in [0.25, 0.3) is 0 Å². The van der Waals surface area contributed by atoms with Gasteiger partial charge in [-0.15, -0.1) is 11.8 Å². The van der Waals surface area contributed by atoms with Gasteiger partial charge in [0.1, 0.15) is 0 Å². The molecule has 1 N–H and O–H groups in total. The molecule has 7 heteroatoms. The number of dihydropyridines is 1. The fourth-order valence-corrected chi connectivity index (χ4v) is 4.95. The van der Waals surface area contributed by atoms with Crippen molar-refractivity contribution in [2.45, 2.75) is 30.9 Å². The third-order valence-electron chi connectivity index (χ3n) is 5.44. The normalized spacial score (nSPS) is 18.2. The fraction of sp³-hybridized carbons (Fsp3) is 0.250. The molecular weight excluding hydrogens is 410 g/mol. The number of nitrogens with one attached hydrogen (secondary N) is 1. The van der Waals surface area contributed by atoms with E-state index in [9.17, 15) is 14.9 Å². The largest absolute Gasteiger partial charge is 0.465 e. The molecule has 0 bridgehead atoms. The maximum atomic E-state index is 12.8. The Bertz CT molecular complexity index is 1120. The number of allylic oxidation sites excluding steroid dienone is 3. The number of aromatic nitrogens is 1. The van der Waals surface area contributed by atoms with Gasteiger partial charge in [-0.05, 0) is 42.2 Å². The Morgan fingerprint density at radius 2 is 2.10 bits per heavy atom. The van der Waals surface area contributed by atoms with E-state index in [1.807, 2.05) is 24.3 Å². The highest BCUT2D eigenvalue weighted by Gasteiger charge is 2.37. The Balaban J connectivity index is 1.64. The van der Waals surface area contributed by atoms with E-state index in [1.165, 1.54) is 18.9 Å². The SMILES string of the molecule is COC(=O)c1ccc(CSC2=C(C#N)[C@@H](c3cccnc3)C3=C(CCCC3=O)N2)cc1. The third-order valence-corrected chi connectivity index (χ3v) is 6.53. The maximum absolute atomic E-state index is 12.8. The Morgan fingerprint density at radius 3 is 2.77 bits per heavy atom. The lowest BCUT2D eigenvalue weighted by atomic mass is 9.77. The number of thioether (sulfide) groups is 1. The number of ether oxygens (including phenoxy) is 1. The summed E-state index contributed by atoms with van der Waals surface area (Å²) in [4.78, 5) is 28.6. The lowest BCUT2D eigenvalue weighted by Gasteiger charge is -2.33. The Labute approximate surface area is 185 Å². The molecule has 31 heavy (non-hydrogen) atoms. The van der Waals surface area contributed by atoms with E-state index >= 15 is 0 Å². The van der Waals surface area contributed by atoms with Crippen molar-refractivity contribution in [1.82, 2.24) is 10.3 Å². The summed E-state index contributed by atoms with van der Waals surface area (Å²) in [5, 5.41) is 14.2. The predicted octanol–water partition coefficient (Wildman–Crippen LogP) is 4.23. The van der Waals surface area contributed by atoms with Crippen LogP contribution in [-0.4, -0.2) is 23.8 Å². The first kappa shape index (κ1) is 20.9. The summed E-state index contributed by atoms with van der Waals surface area (Å²) in [5.41, 5.74) is 4.51. The van der Waals surface area contributed by atoms with Gasteiger partial charge in [0.05, 0.1) is 35.3 Å². The van der Waals surface area contributed by atoms with E-state index < -0.39 is 5.92 Å². The number of ketones is 1. The molecule has 0 amide bonds. The van der Waals surface area contributed by atoms with Gasteiger partial charge in [0.15, 0.2) is 5.78 Å². The van der Waals surface area contributed by atoms with Crippen LogP contribution in [0.2, 0.25) is 0 Å². The number of benzene rings is 1. The summed E-state index contributed by atoms with van der Waals surface area (Å²) in [6, 6.07) is 13.3. The second-order valence-electron chi connectivity index (χ2n) is 7.35. The summed E-state index contributed by atoms with van der Waals surface area (Å²) in [6.07, 6.45) is 5.51. The Kier molecular flexibility index (Phi) is 6.19. The van der Waals surface area contributed by atoms with Crippen molar-refractivity contribution < 1.29 is 14.3 Å². The van der Waals surface area contributed by atoms with Crippen LogP contribution >= 0.6 is 11.8 Å². The second kappa shape index (κ2) is 9.19. The van der Waals surface area contributed by atoms with Crippen LogP contribution < -0.4 is 5.32 Å². The molecule has 2 aliphatic rings. The van der Waals surface area contributed by atoms with E-state index in [0.29, 0.717) is 28.9 Å². The van der Waals surface area contributed by atoms with Crippen molar-refractivity contribution in [3.63, 3.8) is 0 Å². The molecule has 0 spiro atoms. The van der Waals surface area contributed by atoms with E-state index in [2.05, 4.69) is 16.4 Å². The van der Waals surface area contributed by atoms with Crippen LogP contribution in [0, 0.1) is 11.3 Å². The van der Waals surface area contributed by atoms with Crippen LogP contribution in [0.3, 0.4) is 0 Å². The highest BCUT2D eigenvalue weighted by Crippen LogP contribution is 2.44. The lowest BCUT2D eigenvalue weighted by Crippen LogP contribution is -2.31. The van der Waals surface area contributed by atoms with Crippen LogP contribution in [0.15, 0.2) is 70.7 Å². The molecule has 6 nitrogen and oxygen atoms in total. The molecule has 0 unspecified atom stereocenters. The molecular formula is C24H21N3O3S. The zero-order valence-corrected chi connectivity index (χ0v) is 17.9. The minimum absolute atomic E-state index is 0.0952. The van der Waals surface area contributed by atoms with Crippen molar-refractivity contribution in [2.75, 3.05) is 7.11 Å². The monoisotopic (exact) mass is 431 g/mol. The molecule has 0 fully saturated rings. The van der Waals surface area contributed by atoms with E-state index in [0.717, 1.165) is 34.7 Å². The quantitative estimate of drug-likeness (QED) is 0.708. The van der Waals surface area contributed by atoms with Gasteiger partial charge in [-0.1, -0.05) is 18.2 Å². The minimum Gasteiger partial charge on any atom is -0.465 e. The van der Waals surface area contributed by atoms with Crippen molar-refractivity contribution >= 4 is 23.5 Å². The van der Waals surface area contributed by atoms with Crippen molar-refractivity contribution in [1.29, 1.82) is 5.26 Å². The number of hydrogen-bond acceptors (Lipinski definition) is 7. The standard InChI is InChI=1S/C24H21N3O3S/c1-30-24(29)16-9-7-15(8-10-16)14-31-23-18(12-25)21(17-4-3-11-26-13-17)22-19(27-23)5-2-6-20(22)28/h3-4,7-11,13,21,27H,2,5-6,14H2,1H3/t21-/m1/s1. The van der Waals surface area contributed by atoms with Gasteiger partial charge in [0.2, 0.25) is 0 Å². The first-order valence-corrected chi connectivity index (χ1v) is 11.0. The number of methoxy groups -OCH3 is 1. The van der Waals surface area contributed by atoms with Crippen LogP contribution in [0.5, 0.6) is 0 Å². The number of rotatable bonds is 5. The number of hydrogen-bond donors (Lipinski definition) is 1. The molecule has 1 aromatic carbocycles. The minimum atomic E-state index is -0.396. The number of carbonyl (C=O) groups is 2. The lowest BCUT2D eigenvalue weighted by molar-refractivity contribution is -0.116. The van der Waals surface area contributed by atoms with Crippen molar-refractivity contribution in [2.24, 2.45) is 0 Å². The van der Waals surface area contributed by atoms with Gasteiger partial charge >= 0.3 is 5.97 Å². The first-order valence-electron chi connectivity index (χ1n) is 10.00. The van der Waals surface area contributed by atoms with Crippen LogP contribution in [0.1, 0.15) is 46.7 Å². The molecule has 1 aromatic heterocycles. The summed E-state index contributed by atoms with van der Waals surface area (Å²) in [6.45, 7) is 0.